The molecule has 0 bridgehead atoms. The minimum atomic E-state index is 0.172. The Balaban J connectivity index is 2.17. The Morgan fingerprint density at radius 3 is 2.87 bits per heavy atom. The quantitative estimate of drug-likeness (QED) is 0.818. The van der Waals surface area contributed by atoms with Gasteiger partial charge in [0.05, 0.1) is 0 Å². The van der Waals surface area contributed by atoms with Gasteiger partial charge in [-0.3, -0.25) is 0 Å². The molecule has 0 radical (unpaired) electrons. The molecule has 0 spiro atoms. The van der Waals surface area contributed by atoms with E-state index in [1.807, 2.05) is 0 Å². The summed E-state index contributed by atoms with van der Waals surface area (Å²) in [7, 11) is 0. The van der Waals surface area contributed by atoms with Crippen LogP contribution < -0.4 is 10.6 Å². The molecule has 1 atom stereocenters. The lowest BCUT2D eigenvalue weighted by molar-refractivity contribution is 0.264. The molecule has 3 heteroatoms. The summed E-state index contributed by atoms with van der Waals surface area (Å²) < 4.78 is 1.14. The van der Waals surface area contributed by atoms with Gasteiger partial charge in [-0.1, -0.05) is 28.1 Å². The Morgan fingerprint density at radius 2 is 2.20 bits per heavy atom. The molecule has 1 unspecified atom stereocenters. The van der Waals surface area contributed by atoms with Crippen molar-refractivity contribution in [2.24, 2.45) is 0 Å². The maximum absolute atomic E-state index is 3.65. The molecular weight excluding hydrogens is 252 g/mol. The van der Waals surface area contributed by atoms with Crippen LogP contribution in [-0.2, 0) is 0 Å². The number of rotatable bonds is 1. The topological polar surface area (TPSA) is 24.1 Å². The van der Waals surface area contributed by atoms with Crippen molar-refractivity contribution in [2.45, 2.75) is 25.4 Å². The third-order valence-electron chi connectivity index (χ3n) is 2.73. The minimum Gasteiger partial charge on any atom is -0.313 e. The van der Waals surface area contributed by atoms with Crippen LogP contribution in [0.4, 0.5) is 0 Å². The van der Waals surface area contributed by atoms with Crippen molar-refractivity contribution >= 4 is 15.9 Å². The van der Waals surface area contributed by atoms with E-state index in [-0.39, 0.29) is 5.54 Å². The van der Waals surface area contributed by atoms with Gasteiger partial charge in [-0.2, -0.15) is 0 Å². The van der Waals surface area contributed by atoms with Gasteiger partial charge >= 0.3 is 0 Å². The monoisotopic (exact) mass is 268 g/mol. The molecule has 0 aromatic heterocycles. The van der Waals surface area contributed by atoms with E-state index >= 15 is 0 Å². The molecule has 15 heavy (non-hydrogen) atoms. The van der Waals surface area contributed by atoms with Gasteiger partial charge in [0, 0.05) is 29.1 Å². The van der Waals surface area contributed by atoms with Crippen molar-refractivity contribution < 1.29 is 0 Å². The van der Waals surface area contributed by atoms with Gasteiger partial charge in [0.1, 0.15) is 0 Å². The summed E-state index contributed by atoms with van der Waals surface area (Å²) in [6, 6.07) is 8.91. The maximum Gasteiger partial charge on any atom is 0.0451 e. The molecule has 82 valence electrons. The van der Waals surface area contributed by atoms with E-state index in [1.54, 1.807) is 0 Å². The Hall–Kier alpha value is -0.380. The predicted molar refractivity (Wildman–Crippen MR) is 67.0 cm³/mol. The maximum atomic E-state index is 3.65. The second-order valence-corrected chi connectivity index (χ2v) is 5.68. The van der Waals surface area contributed by atoms with Crippen LogP contribution in [0, 0.1) is 0 Å². The fourth-order valence-electron chi connectivity index (χ4n) is 2.03. The van der Waals surface area contributed by atoms with Gasteiger partial charge in [0.25, 0.3) is 0 Å². The average Bonchev–Trinajstić information content (AvgIpc) is 2.16. The molecule has 1 aromatic carbocycles. The molecule has 1 heterocycles. The molecule has 1 aliphatic heterocycles. The van der Waals surface area contributed by atoms with E-state index in [2.05, 4.69) is 64.7 Å². The van der Waals surface area contributed by atoms with E-state index in [9.17, 15) is 0 Å². The number of hydrogen-bond donors (Lipinski definition) is 2. The highest BCUT2D eigenvalue weighted by Crippen LogP contribution is 2.22. The van der Waals surface area contributed by atoms with E-state index in [0.29, 0.717) is 6.04 Å². The summed E-state index contributed by atoms with van der Waals surface area (Å²) in [5.74, 6) is 0. The standard InChI is InChI=1S/C12H17BrN2/c1-12(2)8-14-7-11(15-12)9-4-3-5-10(13)6-9/h3-6,11,14-15H,7-8H2,1-2H3. The average molecular weight is 269 g/mol. The zero-order valence-corrected chi connectivity index (χ0v) is 10.8. The van der Waals surface area contributed by atoms with Crippen molar-refractivity contribution in [1.82, 2.24) is 10.6 Å². The van der Waals surface area contributed by atoms with Crippen LogP contribution in [0.2, 0.25) is 0 Å². The fraction of sp³-hybridized carbons (Fsp3) is 0.500. The van der Waals surface area contributed by atoms with Gasteiger partial charge in [-0.15, -0.1) is 0 Å². The molecule has 0 aliphatic carbocycles. The SMILES string of the molecule is CC1(C)CNCC(c2cccc(Br)c2)N1. The highest BCUT2D eigenvalue weighted by molar-refractivity contribution is 9.10. The Bertz CT molecular complexity index is 349. The van der Waals surface area contributed by atoms with E-state index < -0.39 is 0 Å². The van der Waals surface area contributed by atoms with Crippen LogP contribution >= 0.6 is 15.9 Å². The van der Waals surface area contributed by atoms with E-state index in [4.69, 9.17) is 0 Å². The fourth-order valence-corrected chi connectivity index (χ4v) is 2.44. The summed E-state index contributed by atoms with van der Waals surface area (Å²) in [5.41, 5.74) is 1.51. The zero-order chi connectivity index (χ0) is 10.9. The van der Waals surface area contributed by atoms with Crippen LogP contribution in [0.3, 0.4) is 0 Å². The highest BCUT2D eigenvalue weighted by Gasteiger charge is 2.27. The van der Waals surface area contributed by atoms with Crippen LogP contribution in [0.25, 0.3) is 0 Å². The van der Waals surface area contributed by atoms with Crippen LogP contribution in [0.5, 0.6) is 0 Å². The van der Waals surface area contributed by atoms with Gasteiger partial charge < -0.3 is 10.6 Å². The van der Waals surface area contributed by atoms with Crippen LogP contribution in [0.15, 0.2) is 28.7 Å². The first kappa shape index (κ1) is 11.1. The summed E-state index contributed by atoms with van der Waals surface area (Å²) >= 11 is 3.51. The highest BCUT2D eigenvalue weighted by atomic mass is 79.9. The van der Waals surface area contributed by atoms with Crippen LogP contribution in [0.1, 0.15) is 25.5 Å². The normalized spacial score (nSPS) is 25.1. The number of hydrogen-bond acceptors (Lipinski definition) is 2. The number of benzene rings is 1. The first-order chi connectivity index (χ1) is 7.07. The first-order valence-corrected chi connectivity index (χ1v) is 6.10. The first-order valence-electron chi connectivity index (χ1n) is 5.31. The smallest absolute Gasteiger partial charge is 0.0451 e. The van der Waals surface area contributed by atoms with Crippen LogP contribution in [-0.4, -0.2) is 18.6 Å². The lowest BCUT2D eigenvalue weighted by Gasteiger charge is -2.38. The van der Waals surface area contributed by atoms with Gasteiger partial charge in [0.2, 0.25) is 0 Å². The summed E-state index contributed by atoms with van der Waals surface area (Å²) in [5, 5.41) is 7.12. The zero-order valence-electron chi connectivity index (χ0n) is 9.18. The molecule has 0 amide bonds. The second kappa shape index (κ2) is 4.24. The second-order valence-electron chi connectivity index (χ2n) is 4.77. The molecule has 2 rings (SSSR count). The summed E-state index contributed by atoms with van der Waals surface area (Å²) in [4.78, 5) is 0. The Morgan fingerprint density at radius 1 is 1.40 bits per heavy atom. The molecule has 1 fully saturated rings. The van der Waals surface area contributed by atoms with Crippen molar-refractivity contribution in [3.05, 3.63) is 34.3 Å². The van der Waals surface area contributed by atoms with Crippen molar-refractivity contribution in [1.29, 1.82) is 0 Å². The molecule has 1 aromatic rings. The molecule has 1 aliphatic rings. The van der Waals surface area contributed by atoms with Gasteiger partial charge in [-0.25, -0.2) is 0 Å². The van der Waals surface area contributed by atoms with E-state index in [0.717, 1.165) is 17.6 Å². The molecule has 0 saturated carbocycles. The van der Waals surface area contributed by atoms with E-state index in [1.165, 1.54) is 5.56 Å². The Labute approximate surface area is 99.6 Å². The lowest BCUT2D eigenvalue weighted by atomic mass is 9.96. The minimum absolute atomic E-state index is 0.172. The molecular formula is C12H17BrN2. The third kappa shape index (κ3) is 2.80. The number of halogens is 1. The van der Waals surface area contributed by atoms with Gasteiger partial charge in [-0.05, 0) is 31.5 Å². The van der Waals surface area contributed by atoms with Crippen molar-refractivity contribution in [2.75, 3.05) is 13.1 Å². The number of nitrogens with one attached hydrogen (secondary N) is 2. The van der Waals surface area contributed by atoms with Crippen molar-refractivity contribution in [3.8, 4) is 0 Å². The third-order valence-corrected chi connectivity index (χ3v) is 3.22. The van der Waals surface area contributed by atoms with Crippen molar-refractivity contribution in [3.63, 3.8) is 0 Å². The summed E-state index contributed by atoms with van der Waals surface area (Å²) in [6.45, 7) is 6.48. The largest absolute Gasteiger partial charge is 0.313 e. The molecule has 2 N–H and O–H groups in total. The van der Waals surface area contributed by atoms with Gasteiger partial charge in [0.15, 0.2) is 0 Å². The number of piperazine rings is 1. The summed E-state index contributed by atoms with van der Waals surface area (Å²) in [6.07, 6.45) is 0. The predicted octanol–water partition coefficient (Wildman–Crippen LogP) is 2.46. The Kier molecular flexibility index (Phi) is 3.14. The molecule has 2 nitrogen and oxygen atoms in total. The molecule has 1 saturated heterocycles. The lowest BCUT2D eigenvalue weighted by Crippen LogP contribution is -2.56.